The summed E-state index contributed by atoms with van der Waals surface area (Å²) < 4.78 is 63.6. The molecular formula is C9H14F3NO4S. The highest BCUT2D eigenvalue weighted by atomic mass is 32.2. The fraction of sp³-hybridized carbons (Fsp3) is 0.667. The Labute approximate surface area is 103 Å². The van der Waals surface area contributed by atoms with Crippen molar-refractivity contribution in [1.82, 2.24) is 4.72 Å². The molecule has 0 bridgehead atoms. The van der Waals surface area contributed by atoms with E-state index in [0.717, 1.165) is 0 Å². The van der Waals surface area contributed by atoms with Crippen molar-refractivity contribution in [2.24, 2.45) is 0 Å². The second kappa shape index (κ2) is 5.27. The Kier molecular flexibility index (Phi) is 4.95. The predicted molar refractivity (Wildman–Crippen MR) is 58.0 cm³/mol. The number of nitrogens with one attached hydrogen (secondary N) is 1. The molecule has 0 aliphatic carbocycles. The second-order valence-corrected chi connectivity index (χ2v) is 5.96. The first-order valence-electron chi connectivity index (χ1n) is 4.73. The minimum atomic E-state index is -5.45. The summed E-state index contributed by atoms with van der Waals surface area (Å²) in [5.41, 5.74) is -6.77. The summed E-state index contributed by atoms with van der Waals surface area (Å²) in [6.45, 7) is 6.49. The van der Waals surface area contributed by atoms with Crippen LogP contribution in [0, 0.1) is 0 Å². The first kappa shape index (κ1) is 16.9. The van der Waals surface area contributed by atoms with E-state index >= 15 is 0 Å². The van der Waals surface area contributed by atoms with Crippen molar-refractivity contribution in [2.45, 2.75) is 31.9 Å². The number of sulfonamides is 1. The number of rotatable bonds is 5. The molecule has 0 aromatic heterocycles. The number of carbonyl (C=O) groups is 1. The summed E-state index contributed by atoms with van der Waals surface area (Å²) in [6.07, 6.45) is 0. The van der Waals surface area contributed by atoms with E-state index in [9.17, 15) is 26.4 Å². The number of halogens is 3. The van der Waals surface area contributed by atoms with Crippen molar-refractivity contribution >= 4 is 16.0 Å². The normalized spacial score (nSPS) is 13.2. The maximum absolute atomic E-state index is 12.0. The van der Waals surface area contributed by atoms with Crippen LogP contribution in [0.25, 0.3) is 0 Å². The van der Waals surface area contributed by atoms with Gasteiger partial charge in [-0.3, -0.25) is 0 Å². The fourth-order valence-electron chi connectivity index (χ4n) is 0.725. The van der Waals surface area contributed by atoms with Crippen LogP contribution < -0.4 is 4.72 Å². The minimum Gasteiger partial charge on any atom is -0.455 e. The summed E-state index contributed by atoms with van der Waals surface area (Å²) in [5, 5.41) is 0. The van der Waals surface area contributed by atoms with Crippen LogP contribution >= 0.6 is 0 Å². The Morgan fingerprint density at radius 3 is 2.11 bits per heavy atom. The minimum absolute atomic E-state index is 0.0572. The van der Waals surface area contributed by atoms with Crippen molar-refractivity contribution in [1.29, 1.82) is 0 Å². The van der Waals surface area contributed by atoms with Crippen molar-refractivity contribution in [3.63, 3.8) is 0 Å². The second-order valence-electron chi connectivity index (χ2n) is 4.20. The molecule has 0 saturated carbocycles. The van der Waals surface area contributed by atoms with Gasteiger partial charge in [-0.1, -0.05) is 6.58 Å². The zero-order chi connectivity index (χ0) is 14.8. The van der Waals surface area contributed by atoms with Gasteiger partial charge in [-0.2, -0.15) is 13.2 Å². The average molecular weight is 289 g/mol. The molecule has 0 atom stereocenters. The quantitative estimate of drug-likeness (QED) is 0.612. The molecule has 5 nitrogen and oxygen atoms in total. The van der Waals surface area contributed by atoms with E-state index in [1.807, 2.05) is 0 Å². The molecule has 106 valence electrons. The average Bonchev–Trinajstić information content (AvgIpc) is 2.12. The zero-order valence-electron chi connectivity index (χ0n) is 10.1. The number of hydrogen-bond donors (Lipinski definition) is 1. The van der Waals surface area contributed by atoms with Gasteiger partial charge in [0.25, 0.3) is 0 Å². The zero-order valence-corrected chi connectivity index (χ0v) is 10.9. The maximum Gasteiger partial charge on any atom is 0.511 e. The Morgan fingerprint density at radius 1 is 1.33 bits per heavy atom. The molecule has 1 N–H and O–H groups in total. The van der Waals surface area contributed by atoms with Crippen LogP contribution in [0.15, 0.2) is 12.2 Å². The summed E-state index contributed by atoms with van der Waals surface area (Å²) >= 11 is 0. The number of esters is 1. The third-order valence-corrected chi connectivity index (χ3v) is 2.84. The predicted octanol–water partition coefficient (Wildman–Crippen LogP) is 1.32. The van der Waals surface area contributed by atoms with Crippen LogP contribution in [0.4, 0.5) is 13.2 Å². The molecule has 0 aromatic rings. The van der Waals surface area contributed by atoms with Gasteiger partial charge in [-0.05, 0) is 20.8 Å². The summed E-state index contributed by atoms with van der Waals surface area (Å²) in [4.78, 5) is 11.2. The van der Waals surface area contributed by atoms with Crippen molar-refractivity contribution in [3.05, 3.63) is 12.2 Å². The molecule has 0 aliphatic rings. The van der Waals surface area contributed by atoms with E-state index in [1.165, 1.54) is 25.5 Å². The van der Waals surface area contributed by atoms with E-state index < -0.39 is 33.6 Å². The Morgan fingerprint density at radius 2 is 1.78 bits per heavy atom. The molecule has 0 spiro atoms. The third-order valence-electron chi connectivity index (χ3n) is 1.71. The Balaban J connectivity index is 4.64. The standard InChI is InChI=1S/C9H14F3NO4S/c1-6(2)7(14)17-8(3,4)5-13-18(15,16)9(10,11)12/h13H,1,5H2,2-4H3. The van der Waals surface area contributed by atoms with Crippen molar-refractivity contribution in [2.75, 3.05) is 6.54 Å². The van der Waals surface area contributed by atoms with E-state index in [-0.39, 0.29) is 5.57 Å². The van der Waals surface area contributed by atoms with E-state index in [1.54, 1.807) is 0 Å². The van der Waals surface area contributed by atoms with Gasteiger partial charge in [0.1, 0.15) is 5.60 Å². The van der Waals surface area contributed by atoms with Crippen LogP contribution in [0.2, 0.25) is 0 Å². The van der Waals surface area contributed by atoms with Gasteiger partial charge in [-0.15, -0.1) is 0 Å². The van der Waals surface area contributed by atoms with Crippen LogP contribution in [0.5, 0.6) is 0 Å². The van der Waals surface area contributed by atoms with Gasteiger partial charge in [-0.25, -0.2) is 17.9 Å². The lowest BCUT2D eigenvalue weighted by Crippen LogP contribution is -2.45. The van der Waals surface area contributed by atoms with E-state index in [2.05, 4.69) is 6.58 Å². The van der Waals surface area contributed by atoms with Gasteiger partial charge in [0.2, 0.25) is 0 Å². The molecule has 0 fully saturated rings. The number of hydrogen-bond acceptors (Lipinski definition) is 4. The van der Waals surface area contributed by atoms with Gasteiger partial charge < -0.3 is 4.74 Å². The molecule has 0 unspecified atom stereocenters. The van der Waals surface area contributed by atoms with Gasteiger partial charge in [0.05, 0.1) is 6.54 Å². The van der Waals surface area contributed by atoms with Crippen LogP contribution in [0.3, 0.4) is 0 Å². The summed E-state index contributed by atoms with van der Waals surface area (Å²) in [5.74, 6) is -0.814. The third kappa shape index (κ3) is 5.05. The Hall–Kier alpha value is -1.09. The number of ether oxygens (including phenoxy) is 1. The lowest BCUT2D eigenvalue weighted by atomic mass is 10.1. The lowest BCUT2D eigenvalue weighted by Gasteiger charge is -2.25. The molecule has 0 heterocycles. The van der Waals surface area contributed by atoms with Crippen LogP contribution in [-0.4, -0.2) is 32.0 Å². The highest BCUT2D eigenvalue weighted by molar-refractivity contribution is 7.90. The number of carbonyl (C=O) groups excluding carboxylic acids is 1. The van der Waals surface area contributed by atoms with E-state index in [4.69, 9.17) is 4.74 Å². The lowest BCUT2D eigenvalue weighted by molar-refractivity contribution is -0.150. The fourth-order valence-corrected chi connectivity index (χ4v) is 1.43. The topological polar surface area (TPSA) is 72.5 Å². The van der Waals surface area contributed by atoms with E-state index in [0.29, 0.717) is 0 Å². The molecule has 0 radical (unpaired) electrons. The highest BCUT2D eigenvalue weighted by Crippen LogP contribution is 2.22. The summed E-state index contributed by atoms with van der Waals surface area (Å²) in [6, 6.07) is 0. The smallest absolute Gasteiger partial charge is 0.455 e. The van der Waals surface area contributed by atoms with Crippen LogP contribution in [-0.2, 0) is 19.6 Å². The van der Waals surface area contributed by atoms with Crippen molar-refractivity contribution < 1.29 is 31.1 Å². The molecule has 0 aliphatic heterocycles. The largest absolute Gasteiger partial charge is 0.511 e. The molecule has 0 amide bonds. The number of alkyl halides is 3. The van der Waals surface area contributed by atoms with Crippen molar-refractivity contribution in [3.8, 4) is 0 Å². The van der Waals surface area contributed by atoms with Gasteiger partial charge >= 0.3 is 21.5 Å². The highest BCUT2D eigenvalue weighted by Gasteiger charge is 2.46. The molecular weight excluding hydrogens is 275 g/mol. The van der Waals surface area contributed by atoms with Gasteiger partial charge in [0.15, 0.2) is 0 Å². The molecule has 9 heteroatoms. The SMILES string of the molecule is C=C(C)C(=O)OC(C)(C)CNS(=O)(=O)C(F)(F)F. The molecule has 18 heavy (non-hydrogen) atoms. The Bertz CT molecular complexity index is 439. The molecule has 0 saturated heterocycles. The first-order valence-corrected chi connectivity index (χ1v) is 6.21. The van der Waals surface area contributed by atoms with Crippen LogP contribution in [0.1, 0.15) is 20.8 Å². The van der Waals surface area contributed by atoms with Gasteiger partial charge in [0, 0.05) is 5.57 Å². The molecule has 0 aromatic carbocycles. The maximum atomic E-state index is 12.0. The molecule has 0 rings (SSSR count). The monoisotopic (exact) mass is 289 g/mol. The summed E-state index contributed by atoms with van der Waals surface area (Å²) in [7, 11) is -5.45. The first-order chi connectivity index (χ1) is 7.78.